The molecule has 0 rings (SSSR count). The summed E-state index contributed by atoms with van der Waals surface area (Å²) in [5.41, 5.74) is -0.790. The highest BCUT2D eigenvalue weighted by Crippen LogP contribution is 2.31. The molecule has 0 fully saturated rings. The largest absolute Gasteiger partial charge is 0.299 e. The summed E-state index contributed by atoms with van der Waals surface area (Å²) in [5, 5.41) is 0. The van der Waals surface area contributed by atoms with Crippen molar-refractivity contribution in [2.75, 3.05) is 0 Å². The van der Waals surface area contributed by atoms with Gasteiger partial charge in [-0.3, -0.25) is 9.59 Å². The molecule has 0 aromatic carbocycles. The Hall–Kier alpha value is -0.660. The third kappa shape index (κ3) is 4.46. The van der Waals surface area contributed by atoms with Crippen LogP contribution in [0, 0.1) is 5.41 Å². The number of unbranched alkanes of at least 4 members (excludes halogenated alkanes) is 2. The lowest BCUT2D eigenvalue weighted by Gasteiger charge is -2.25. The Morgan fingerprint density at radius 1 is 1.00 bits per heavy atom. The number of hydrogen-bond donors (Lipinski definition) is 0. The predicted octanol–water partition coefficient (Wildman–Crippen LogP) is 3.83. The summed E-state index contributed by atoms with van der Waals surface area (Å²) in [5.74, 6) is 0.104. The monoisotopic (exact) mass is 225 g/mol. The molecule has 0 spiro atoms. The summed E-state index contributed by atoms with van der Waals surface area (Å²) in [6.45, 7) is 6.15. The van der Waals surface area contributed by atoms with E-state index in [1.165, 1.54) is 0 Å². The first-order valence-corrected chi connectivity index (χ1v) is 6.59. The lowest BCUT2D eigenvalue weighted by atomic mass is 9.75. The Kier molecular flexibility index (Phi) is 8.14. The normalized spacial score (nSPS) is 11.4. The maximum Gasteiger partial charge on any atom is 0.212 e. The molecule has 16 heavy (non-hydrogen) atoms. The van der Waals surface area contributed by atoms with Gasteiger partial charge in [-0.15, -0.1) is 0 Å². The van der Waals surface area contributed by atoms with E-state index in [9.17, 15) is 9.59 Å². The second kappa shape index (κ2) is 8.49. The lowest BCUT2D eigenvalue weighted by Crippen LogP contribution is -2.33. The van der Waals surface area contributed by atoms with Crippen molar-refractivity contribution >= 4 is 12.1 Å². The number of rotatable bonds is 10. The topological polar surface area (TPSA) is 34.1 Å². The average molecular weight is 225 g/mol. The highest BCUT2D eigenvalue weighted by Gasteiger charge is 2.36. The lowest BCUT2D eigenvalue weighted by molar-refractivity contribution is -0.126. The molecule has 0 amide bonds. The van der Waals surface area contributed by atoms with Crippen LogP contribution in [0.1, 0.15) is 72.1 Å². The second-order valence-corrected chi connectivity index (χ2v) is 4.56. The molecule has 0 bridgehead atoms. The van der Waals surface area contributed by atoms with E-state index < -0.39 is 5.41 Å². The molecule has 93 valence electrons. The standard InChI is InChI=1S/C14H25O2/c1-4-7-10-14(12-15,11-8-5-2)13(16)9-6-3/h4-11H2,1-3H3. The molecule has 0 aliphatic rings. The molecule has 0 heterocycles. The molecule has 0 unspecified atom stereocenters. The van der Waals surface area contributed by atoms with E-state index in [-0.39, 0.29) is 5.78 Å². The highest BCUT2D eigenvalue weighted by atomic mass is 16.1. The van der Waals surface area contributed by atoms with Crippen LogP contribution in [0.4, 0.5) is 0 Å². The van der Waals surface area contributed by atoms with Crippen LogP contribution in [0.25, 0.3) is 0 Å². The number of carbonyl (C=O) groups is 1. The molecule has 2 nitrogen and oxygen atoms in total. The first-order chi connectivity index (χ1) is 7.66. The smallest absolute Gasteiger partial charge is 0.212 e. The van der Waals surface area contributed by atoms with Crippen LogP contribution < -0.4 is 0 Å². The zero-order valence-electron chi connectivity index (χ0n) is 11.0. The number of Topliss-reactive ketones (excluding diaryl/α,β-unsaturated/α-hetero) is 1. The van der Waals surface area contributed by atoms with Crippen molar-refractivity contribution in [1.82, 2.24) is 0 Å². The first-order valence-electron chi connectivity index (χ1n) is 6.59. The van der Waals surface area contributed by atoms with E-state index in [4.69, 9.17) is 0 Å². The highest BCUT2D eigenvalue weighted by molar-refractivity contribution is 5.98. The van der Waals surface area contributed by atoms with Crippen molar-refractivity contribution < 1.29 is 9.59 Å². The molecule has 2 heteroatoms. The van der Waals surface area contributed by atoms with Crippen molar-refractivity contribution in [2.24, 2.45) is 5.41 Å². The quantitative estimate of drug-likeness (QED) is 0.529. The number of ketones is 1. The van der Waals surface area contributed by atoms with Crippen LogP contribution in [0.5, 0.6) is 0 Å². The molecule has 0 atom stereocenters. The van der Waals surface area contributed by atoms with Crippen LogP contribution in [0.3, 0.4) is 0 Å². The SMILES string of the molecule is CCCCC([C]=O)(CCCC)C(=O)CCC. The summed E-state index contributed by atoms with van der Waals surface area (Å²) < 4.78 is 0. The molecule has 0 aliphatic heterocycles. The van der Waals surface area contributed by atoms with Gasteiger partial charge in [-0.05, 0) is 19.3 Å². The summed E-state index contributed by atoms with van der Waals surface area (Å²) in [6, 6.07) is 0. The van der Waals surface area contributed by atoms with E-state index in [0.717, 1.165) is 32.1 Å². The van der Waals surface area contributed by atoms with Crippen molar-refractivity contribution in [3.63, 3.8) is 0 Å². The van der Waals surface area contributed by atoms with Crippen LogP contribution in [-0.4, -0.2) is 12.1 Å². The van der Waals surface area contributed by atoms with E-state index in [1.54, 1.807) is 0 Å². The zero-order valence-corrected chi connectivity index (χ0v) is 11.0. The Morgan fingerprint density at radius 2 is 1.50 bits per heavy atom. The Balaban J connectivity index is 4.64. The summed E-state index contributed by atoms with van der Waals surface area (Å²) in [6.07, 6.45) is 8.70. The third-order valence-corrected chi connectivity index (χ3v) is 3.12. The summed E-state index contributed by atoms with van der Waals surface area (Å²) in [7, 11) is 0. The fourth-order valence-corrected chi connectivity index (χ4v) is 1.99. The molecular weight excluding hydrogens is 200 g/mol. The minimum absolute atomic E-state index is 0.104. The van der Waals surface area contributed by atoms with Gasteiger partial charge < -0.3 is 0 Å². The predicted molar refractivity (Wildman–Crippen MR) is 67.1 cm³/mol. The van der Waals surface area contributed by atoms with E-state index >= 15 is 0 Å². The fourth-order valence-electron chi connectivity index (χ4n) is 1.99. The zero-order chi connectivity index (χ0) is 12.4. The van der Waals surface area contributed by atoms with Crippen molar-refractivity contribution in [1.29, 1.82) is 0 Å². The van der Waals surface area contributed by atoms with Gasteiger partial charge in [0.15, 0.2) is 0 Å². The van der Waals surface area contributed by atoms with Gasteiger partial charge in [-0.25, -0.2) is 0 Å². The average Bonchev–Trinajstić information content (AvgIpc) is 2.30. The van der Waals surface area contributed by atoms with Crippen LogP contribution in [-0.2, 0) is 9.59 Å². The minimum atomic E-state index is -0.790. The Labute approximate surface area is 99.8 Å². The first kappa shape index (κ1) is 15.3. The summed E-state index contributed by atoms with van der Waals surface area (Å²) in [4.78, 5) is 23.3. The fraction of sp³-hybridized carbons (Fsp3) is 0.857. The van der Waals surface area contributed by atoms with E-state index in [1.807, 2.05) is 6.92 Å². The van der Waals surface area contributed by atoms with Gasteiger partial charge in [-0.2, -0.15) is 0 Å². The molecule has 0 aromatic heterocycles. The number of hydrogen-bond acceptors (Lipinski definition) is 2. The van der Waals surface area contributed by atoms with E-state index in [0.29, 0.717) is 19.3 Å². The molecule has 1 radical (unpaired) electrons. The van der Waals surface area contributed by atoms with Gasteiger partial charge >= 0.3 is 0 Å². The molecule has 0 aliphatic carbocycles. The maximum atomic E-state index is 12.0. The maximum absolute atomic E-state index is 12.0. The molecular formula is C14H25O2. The molecule has 0 N–H and O–H groups in total. The molecule has 0 saturated carbocycles. The van der Waals surface area contributed by atoms with Crippen molar-refractivity contribution in [2.45, 2.75) is 72.1 Å². The van der Waals surface area contributed by atoms with Crippen molar-refractivity contribution in [3.05, 3.63) is 0 Å². The van der Waals surface area contributed by atoms with Crippen molar-refractivity contribution in [3.8, 4) is 0 Å². The van der Waals surface area contributed by atoms with Gasteiger partial charge in [0, 0.05) is 6.42 Å². The van der Waals surface area contributed by atoms with Crippen LogP contribution >= 0.6 is 0 Å². The third-order valence-electron chi connectivity index (χ3n) is 3.12. The van der Waals surface area contributed by atoms with E-state index in [2.05, 4.69) is 20.1 Å². The number of carbonyl (C=O) groups excluding carboxylic acids is 2. The van der Waals surface area contributed by atoms with Gasteiger partial charge in [0.25, 0.3) is 0 Å². The van der Waals surface area contributed by atoms with Gasteiger partial charge in [-0.1, -0.05) is 46.5 Å². The van der Waals surface area contributed by atoms with Crippen LogP contribution in [0.15, 0.2) is 0 Å². The van der Waals surface area contributed by atoms with Gasteiger partial charge in [0.05, 0.1) is 5.41 Å². The van der Waals surface area contributed by atoms with Crippen LogP contribution in [0.2, 0.25) is 0 Å². The van der Waals surface area contributed by atoms with Gasteiger partial charge in [0.1, 0.15) is 5.78 Å². The van der Waals surface area contributed by atoms with Gasteiger partial charge in [0.2, 0.25) is 6.29 Å². The Morgan fingerprint density at radius 3 is 1.81 bits per heavy atom. The molecule has 0 aromatic rings. The molecule has 0 saturated heterocycles. The second-order valence-electron chi connectivity index (χ2n) is 4.56. The minimum Gasteiger partial charge on any atom is -0.299 e. The Bertz CT molecular complexity index is 201. The summed E-state index contributed by atoms with van der Waals surface area (Å²) >= 11 is 0.